The molecule has 0 spiro atoms. The second-order valence-electron chi connectivity index (χ2n) is 7.24. The Morgan fingerprint density at radius 1 is 0.600 bits per heavy atom. The van der Waals surface area contributed by atoms with Crippen molar-refractivity contribution in [3.63, 3.8) is 0 Å². The standard InChI is InChI=1S/C25H19BF2N2/c27-26(28)29-19-11-10-18-23(29)24(20-12-4-1-5-13-20)25(21-14-6-2-7-15-21)30(26)22-16-8-3-9-17-22/h1-19H. The van der Waals surface area contributed by atoms with Crippen LogP contribution in [-0.2, 0) is 0 Å². The van der Waals surface area contributed by atoms with Gasteiger partial charge >= 0.3 is 6.97 Å². The summed E-state index contributed by atoms with van der Waals surface area (Å²) in [6, 6.07) is 33.3. The molecule has 0 radical (unpaired) electrons. The van der Waals surface area contributed by atoms with Crippen LogP contribution in [0.15, 0.2) is 115 Å². The van der Waals surface area contributed by atoms with Crippen molar-refractivity contribution < 1.29 is 13.1 Å². The molecule has 0 atom stereocenters. The van der Waals surface area contributed by atoms with Gasteiger partial charge in [0.1, 0.15) is 6.20 Å². The van der Waals surface area contributed by atoms with E-state index in [0.29, 0.717) is 17.1 Å². The molecule has 1 aliphatic rings. The van der Waals surface area contributed by atoms with Crippen LogP contribution in [0.2, 0.25) is 0 Å². The lowest BCUT2D eigenvalue weighted by Crippen LogP contribution is -2.72. The molecule has 30 heavy (non-hydrogen) atoms. The average Bonchev–Trinajstić information content (AvgIpc) is 2.80. The number of hydrogen-bond acceptors (Lipinski definition) is 1. The molecule has 0 fully saturated rings. The SMILES string of the molecule is F[B-]1(F)N(c2ccccc2)C(c2ccccc2)=C(c2ccccc2)c2cccc[n+]21. The number of rotatable bonds is 3. The first-order chi connectivity index (χ1) is 14.7. The van der Waals surface area contributed by atoms with Gasteiger partial charge in [-0.3, -0.25) is 0 Å². The van der Waals surface area contributed by atoms with Crippen LogP contribution in [-0.4, -0.2) is 6.97 Å². The van der Waals surface area contributed by atoms with Gasteiger partial charge in [0.05, 0.1) is 5.57 Å². The third kappa shape index (κ3) is 2.91. The molecule has 146 valence electrons. The number of anilines is 1. The van der Waals surface area contributed by atoms with Gasteiger partial charge in [-0.2, -0.15) is 0 Å². The lowest BCUT2D eigenvalue weighted by molar-refractivity contribution is -0.569. The molecule has 4 aromatic rings. The fourth-order valence-corrected chi connectivity index (χ4v) is 4.13. The Morgan fingerprint density at radius 2 is 1.13 bits per heavy atom. The van der Waals surface area contributed by atoms with E-state index >= 15 is 8.63 Å². The third-order valence-corrected chi connectivity index (χ3v) is 5.41. The predicted octanol–water partition coefficient (Wildman–Crippen LogP) is 5.63. The number of benzene rings is 3. The van der Waals surface area contributed by atoms with Crippen LogP contribution in [0, 0.1) is 0 Å². The fourth-order valence-electron chi connectivity index (χ4n) is 4.13. The maximum Gasteiger partial charge on any atom is 0.737 e. The normalized spacial score (nSPS) is 15.1. The second-order valence-corrected chi connectivity index (χ2v) is 7.24. The fraction of sp³-hybridized carbons (Fsp3) is 0. The Kier molecular flexibility index (Phi) is 4.44. The van der Waals surface area contributed by atoms with E-state index in [1.165, 1.54) is 11.0 Å². The number of hydrogen-bond donors (Lipinski definition) is 0. The van der Waals surface area contributed by atoms with E-state index in [9.17, 15) is 0 Å². The molecule has 5 heteroatoms. The molecule has 0 saturated heterocycles. The van der Waals surface area contributed by atoms with Crippen molar-refractivity contribution in [2.24, 2.45) is 0 Å². The second kappa shape index (κ2) is 7.27. The van der Waals surface area contributed by atoms with Crippen molar-refractivity contribution in [2.75, 3.05) is 4.81 Å². The summed E-state index contributed by atoms with van der Waals surface area (Å²) in [5.41, 5.74) is 3.88. The first-order valence-corrected chi connectivity index (χ1v) is 9.90. The van der Waals surface area contributed by atoms with Crippen LogP contribution in [0.1, 0.15) is 16.8 Å². The minimum atomic E-state index is -4.11. The van der Waals surface area contributed by atoms with Gasteiger partial charge in [0.25, 0.3) is 0 Å². The number of nitrogens with zero attached hydrogens (tertiary/aromatic N) is 2. The van der Waals surface area contributed by atoms with Crippen LogP contribution in [0.4, 0.5) is 14.3 Å². The average molecular weight is 396 g/mol. The molecule has 0 N–H and O–H groups in total. The van der Waals surface area contributed by atoms with Crippen molar-refractivity contribution in [1.82, 2.24) is 0 Å². The van der Waals surface area contributed by atoms with Crippen LogP contribution in [0.3, 0.4) is 0 Å². The molecule has 0 amide bonds. The van der Waals surface area contributed by atoms with Crippen molar-refractivity contribution in [2.45, 2.75) is 0 Å². The van der Waals surface area contributed by atoms with E-state index in [2.05, 4.69) is 0 Å². The smallest absolute Gasteiger partial charge is 0.389 e. The number of para-hydroxylation sites is 1. The molecule has 1 aliphatic heterocycles. The Morgan fingerprint density at radius 3 is 1.77 bits per heavy atom. The van der Waals surface area contributed by atoms with Crippen LogP contribution in [0.25, 0.3) is 11.3 Å². The van der Waals surface area contributed by atoms with Gasteiger partial charge in [0.2, 0.25) is 0 Å². The van der Waals surface area contributed by atoms with Gasteiger partial charge in [0, 0.05) is 17.5 Å². The summed E-state index contributed by atoms with van der Waals surface area (Å²) in [7, 11) is 0. The number of pyridine rings is 1. The Labute approximate surface area is 174 Å². The monoisotopic (exact) mass is 396 g/mol. The molecule has 5 rings (SSSR count). The summed E-state index contributed by atoms with van der Waals surface area (Å²) in [5, 5.41) is 0. The number of fused-ring (bicyclic) bond motifs is 1. The van der Waals surface area contributed by atoms with Gasteiger partial charge in [-0.1, -0.05) is 84.9 Å². The molecule has 3 aromatic carbocycles. The van der Waals surface area contributed by atoms with Crippen LogP contribution >= 0.6 is 0 Å². The topological polar surface area (TPSA) is 7.12 Å². The highest BCUT2D eigenvalue weighted by molar-refractivity contribution is 6.65. The molecular formula is C25H19BF2N2. The molecule has 0 aliphatic carbocycles. The van der Waals surface area contributed by atoms with E-state index in [4.69, 9.17) is 0 Å². The van der Waals surface area contributed by atoms with Gasteiger partial charge < -0.3 is 17.9 Å². The Balaban J connectivity index is 1.93. The number of aromatic nitrogens is 1. The van der Waals surface area contributed by atoms with Crippen LogP contribution in [0.5, 0.6) is 0 Å². The highest BCUT2D eigenvalue weighted by Gasteiger charge is 2.54. The zero-order chi connectivity index (χ0) is 20.6. The summed E-state index contributed by atoms with van der Waals surface area (Å²) >= 11 is 0. The zero-order valence-corrected chi connectivity index (χ0v) is 16.2. The summed E-state index contributed by atoms with van der Waals surface area (Å²) in [6.45, 7) is -4.11. The molecule has 2 heterocycles. The summed E-state index contributed by atoms with van der Waals surface area (Å²) in [4.78, 5) is 1.20. The minimum absolute atomic E-state index is 0.455. The Hall–Kier alpha value is -3.73. The largest absolute Gasteiger partial charge is 0.737 e. The zero-order valence-electron chi connectivity index (χ0n) is 16.2. The lowest BCUT2D eigenvalue weighted by atomic mass is 9.80. The molecular weight excluding hydrogens is 377 g/mol. The van der Waals surface area contributed by atoms with Gasteiger partial charge in [-0.15, -0.1) is 0 Å². The Bertz CT molecular complexity index is 1210. The summed E-state index contributed by atoms with van der Waals surface area (Å²) in [6.07, 6.45) is 1.47. The predicted molar refractivity (Wildman–Crippen MR) is 118 cm³/mol. The number of halogens is 2. The van der Waals surface area contributed by atoms with Gasteiger partial charge in [0.15, 0.2) is 5.69 Å². The summed E-state index contributed by atoms with van der Waals surface area (Å²) < 4.78 is 33.3. The first-order valence-electron chi connectivity index (χ1n) is 9.90. The van der Waals surface area contributed by atoms with Gasteiger partial charge in [-0.25, -0.2) is 0 Å². The van der Waals surface area contributed by atoms with E-state index in [-0.39, 0.29) is 0 Å². The van der Waals surface area contributed by atoms with Crippen molar-refractivity contribution in [1.29, 1.82) is 0 Å². The highest BCUT2D eigenvalue weighted by atomic mass is 19.2. The van der Waals surface area contributed by atoms with Gasteiger partial charge in [-0.05, 0) is 29.3 Å². The van der Waals surface area contributed by atoms with E-state index in [0.717, 1.165) is 21.2 Å². The maximum absolute atomic E-state index is 16.1. The summed E-state index contributed by atoms with van der Waals surface area (Å²) in [5.74, 6) is 0. The van der Waals surface area contributed by atoms with E-state index < -0.39 is 6.97 Å². The molecule has 0 saturated carbocycles. The lowest BCUT2D eigenvalue weighted by Gasteiger charge is -2.42. The first kappa shape index (κ1) is 18.3. The molecule has 1 aromatic heterocycles. The van der Waals surface area contributed by atoms with E-state index in [1.807, 2.05) is 72.8 Å². The minimum Gasteiger partial charge on any atom is -0.389 e. The van der Waals surface area contributed by atoms with E-state index in [1.54, 1.807) is 36.4 Å². The van der Waals surface area contributed by atoms with Crippen molar-refractivity contribution in [3.05, 3.63) is 132 Å². The maximum atomic E-state index is 16.1. The third-order valence-electron chi connectivity index (χ3n) is 5.41. The molecule has 0 unspecified atom stereocenters. The van der Waals surface area contributed by atoms with Crippen molar-refractivity contribution >= 4 is 23.9 Å². The highest BCUT2D eigenvalue weighted by Crippen LogP contribution is 2.42. The quantitative estimate of drug-likeness (QED) is 0.407. The molecule has 2 nitrogen and oxygen atoms in total. The van der Waals surface area contributed by atoms with Crippen molar-refractivity contribution in [3.8, 4) is 0 Å². The van der Waals surface area contributed by atoms with Crippen LogP contribution < -0.4 is 9.29 Å². The molecule has 0 bridgehead atoms.